The van der Waals surface area contributed by atoms with Crippen molar-refractivity contribution in [2.24, 2.45) is 0 Å². The molecule has 0 amide bonds. The Kier molecular flexibility index (Phi) is 15.5. The van der Waals surface area contributed by atoms with Gasteiger partial charge in [0, 0.05) is 11.5 Å². The Bertz CT molecular complexity index is 274. The molecule has 0 aromatic carbocycles. The number of hydrogen-bond acceptors (Lipinski definition) is 1. The van der Waals surface area contributed by atoms with Crippen LogP contribution in [0.15, 0.2) is 11.1 Å². The first-order valence-corrected chi connectivity index (χ1v) is 9.11. The Hall–Kier alpha value is -0.500. The van der Waals surface area contributed by atoms with Crippen LogP contribution in [0.1, 0.15) is 96.8 Å². The van der Waals surface area contributed by atoms with Crippen LogP contribution in [0.5, 0.6) is 0 Å². The highest BCUT2D eigenvalue weighted by Gasteiger charge is 1.98. The number of unbranched alkanes of at least 4 members (excludes halogenated alkanes) is 10. The van der Waals surface area contributed by atoms with Crippen molar-refractivity contribution >= 4 is 17.6 Å². The molecule has 0 aromatic rings. The fourth-order valence-electron chi connectivity index (χ4n) is 2.39. The highest BCUT2D eigenvalue weighted by atomic mass is 35.5. The molecule has 0 fully saturated rings. The number of halogens is 1. The van der Waals surface area contributed by atoms with Crippen molar-refractivity contribution in [1.82, 2.24) is 0 Å². The maximum absolute atomic E-state index is 10.4. The maximum atomic E-state index is 10.4. The summed E-state index contributed by atoms with van der Waals surface area (Å²) < 4.78 is 0. The third-order valence-electron chi connectivity index (χ3n) is 3.73. The van der Waals surface area contributed by atoms with Crippen molar-refractivity contribution in [3.8, 4) is 0 Å². The lowest BCUT2D eigenvalue weighted by Crippen LogP contribution is -1.93. The van der Waals surface area contributed by atoms with Crippen LogP contribution in [-0.2, 0) is 4.79 Å². The minimum Gasteiger partial charge on any atom is -0.481 e. The maximum Gasteiger partial charge on any atom is 0.303 e. The van der Waals surface area contributed by atoms with Crippen molar-refractivity contribution in [3.05, 3.63) is 11.1 Å². The van der Waals surface area contributed by atoms with Crippen LogP contribution >= 0.6 is 11.6 Å². The molecule has 0 atom stereocenters. The highest BCUT2D eigenvalue weighted by molar-refractivity contribution is 6.29. The first-order valence-electron chi connectivity index (χ1n) is 8.73. The van der Waals surface area contributed by atoms with Crippen molar-refractivity contribution in [1.29, 1.82) is 0 Å². The summed E-state index contributed by atoms with van der Waals surface area (Å²) in [6.07, 6.45) is 17.8. The first kappa shape index (κ1) is 20.5. The SMILES string of the molecule is CCCCCCCCC=C(Cl)CCCCCCCC(=O)O. The number of hydrogen-bond donors (Lipinski definition) is 1. The molecule has 2 nitrogen and oxygen atoms in total. The van der Waals surface area contributed by atoms with E-state index in [9.17, 15) is 4.79 Å². The molecular weight excluding hydrogens is 284 g/mol. The van der Waals surface area contributed by atoms with Crippen molar-refractivity contribution in [3.63, 3.8) is 0 Å². The Labute approximate surface area is 136 Å². The van der Waals surface area contributed by atoms with E-state index in [1.165, 1.54) is 38.5 Å². The van der Waals surface area contributed by atoms with E-state index in [1.807, 2.05) is 0 Å². The first-order chi connectivity index (χ1) is 10.2. The lowest BCUT2D eigenvalue weighted by Gasteiger charge is -2.02. The zero-order valence-corrected chi connectivity index (χ0v) is 14.5. The van der Waals surface area contributed by atoms with Gasteiger partial charge < -0.3 is 5.11 Å². The fraction of sp³-hybridized carbons (Fsp3) is 0.833. The van der Waals surface area contributed by atoms with E-state index in [-0.39, 0.29) is 0 Å². The van der Waals surface area contributed by atoms with Gasteiger partial charge in [-0.15, -0.1) is 0 Å². The minimum absolute atomic E-state index is 0.304. The lowest BCUT2D eigenvalue weighted by molar-refractivity contribution is -0.137. The van der Waals surface area contributed by atoms with Crippen molar-refractivity contribution in [2.45, 2.75) is 96.8 Å². The number of rotatable bonds is 15. The summed E-state index contributed by atoms with van der Waals surface area (Å²) in [7, 11) is 0. The van der Waals surface area contributed by atoms with Gasteiger partial charge in [-0.25, -0.2) is 0 Å². The molecule has 0 aliphatic heterocycles. The molecular formula is C18H33ClO2. The Morgan fingerprint density at radius 3 is 2.00 bits per heavy atom. The lowest BCUT2D eigenvalue weighted by atomic mass is 10.1. The van der Waals surface area contributed by atoms with Gasteiger partial charge >= 0.3 is 5.97 Å². The molecule has 0 unspecified atom stereocenters. The van der Waals surface area contributed by atoms with Crippen LogP contribution in [0, 0.1) is 0 Å². The van der Waals surface area contributed by atoms with E-state index in [2.05, 4.69) is 13.0 Å². The molecule has 0 saturated heterocycles. The zero-order valence-electron chi connectivity index (χ0n) is 13.7. The second-order valence-corrected chi connectivity index (χ2v) is 6.35. The number of allylic oxidation sites excluding steroid dienone is 2. The van der Waals surface area contributed by atoms with Gasteiger partial charge in [0.05, 0.1) is 0 Å². The molecule has 1 N–H and O–H groups in total. The number of aliphatic carboxylic acids is 1. The van der Waals surface area contributed by atoms with E-state index in [1.54, 1.807) is 0 Å². The molecule has 124 valence electrons. The highest BCUT2D eigenvalue weighted by Crippen LogP contribution is 2.16. The Balaban J connectivity index is 3.30. The van der Waals surface area contributed by atoms with E-state index in [4.69, 9.17) is 16.7 Å². The predicted octanol–water partition coefficient (Wildman–Crippen LogP) is 6.68. The third kappa shape index (κ3) is 17.4. The largest absolute Gasteiger partial charge is 0.481 e. The van der Waals surface area contributed by atoms with Crippen LogP contribution in [-0.4, -0.2) is 11.1 Å². The zero-order chi connectivity index (χ0) is 15.8. The Morgan fingerprint density at radius 1 is 0.857 bits per heavy atom. The minimum atomic E-state index is -0.685. The van der Waals surface area contributed by atoms with Gasteiger partial charge in [0.15, 0.2) is 0 Å². The molecule has 0 rings (SSSR count). The molecule has 0 aliphatic rings. The van der Waals surface area contributed by atoms with Crippen molar-refractivity contribution < 1.29 is 9.90 Å². The van der Waals surface area contributed by atoms with Gasteiger partial charge in [-0.05, 0) is 32.1 Å². The molecule has 0 saturated carbocycles. The molecule has 3 heteroatoms. The van der Waals surface area contributed by atoms with E-state index in [0.29, 0.717) is 6.42 Å². The summed E-state index contributed by atoms with van der Waals surface area (Å²) >= 11 is 6.21. The number of carboxylic acid groups (broad SMARTS) is 1. The second-order valence-electron chi connectivity index (χ2n) is 5.87. The average molecular weight is 317 g/mol. The van der Waals surface area contributed by atoms with Gasteiger partial charge in [-0.1, -0.05) is 76.0 Å². The molecule has 0 bridgehead atoms. The summed E-state index contributed by atoms with van der Waals surface area (Å²) in [5, 5.41) is 9.54. The normalized spacial score (nSPS) is 11.8. The van der Waals surface area contributed by atoms with Gasteiger partial charge in [-0.2, -0.15) is 0 Å². The summed E-state index contributed by atoms with van der Waals surface area (Å²) in [5.74, 6) is -0.685. The van der Waals surface area contributed by atoms with E-state index >= 15 is 0 Å². The molecule has 0 aromatic heterocycles. The summed E-state index contributed by atoms with van der Waals surface area (Å²) in [6.45, 7) is 2.24. The topological polar surface area (TPSA) is 37.3 Å². The average Bonchev–Trinajstić information content (AvgIpc) is 2.45. The summed E-state index contributed by atoms with van der Waals surface area (Å²) in [4.78, 5) is 10.4. The quantitative estimate of drug-likeness (QED) is 0.342. The van der Waals surface area contributed by atoms with Crippen LogP contribution in [0.25, 0.3) is 0 Å². The third-order valence-corrected chi connectivity index (χ3v) is 4.07. The Morgan fingerprint density at radius 2 is 1.38 bits per heavy atom. The smallest absolute Gasteiger partial charge is 0.303 e. The van der Waals surface area contributed by atoms with E-state index < -0.39 is 5.97 Å². The van der Waals surface area contributed by atoms with Gasteiger partial charge in [0.2, 0.25) is 0 Å². The monoisotopic (exact) mass is 316 g/mol. The fourth-order valence-corrected chi connectivity index (χ4v) is 2.63. The van der Waals surface area contributed by atoms with Gasteiger partial charge in [0.1, 0.15) is 0 Å². The molecule has 0 aliphatic carbocycles. The predicted molar refractivity (Wildman–Crippen MR) is 91.9 cm³/mol. The van der Waals surface area contributed by atoms with E-state index in [0.717, 1.165) is 50.0 Å². The molecule has 0 spiro atoms. The standard InChI is InChI=1S/C18H33ClO2/c1-2-3-4-5-6-8-11-14-17(19)15-12-9-7-10-13-16-18(20)21/h14H,2-13,15-16H2,1H3,(H,20,21). The van der Waals surface area contributed by atoms with Gasteiger partial charge in [0.25, 0.3) is 0 Å². The molecule has 0 heterocycles. The van der Waals surface area contributed by atoms with Crippen LogP contribution in [0.4, 0.5) is 0 Å². The number of carboxylic acids is 1. The molecule has 0 radical (unpaired) electrons. The summed E-state index contributed by atoms with van der Waals surface area (Å²) in [6, 6.07) is 0. The number of carbonyl (C=O) groups is 1. The van der Waals surface area contributed by atoms with Crippen LogP contribution < -0.4 is 0 Å². The van der Waals surface area contributed by atoms with Crippen LogP contribution in [0.3, 0.4) is 0 Å². The van der Waals surface area contributed by atoms with Crippen LogP contribution in [0.2, 0.25) is 0 Å². The molecule has 21 heavy (non-hydrogen) atoms. The summed E-state index contributed by atoms with van der Waals surface area (Å²) in [5.41, 5.74) is 0. The second kappa shape index (κ2) is 15.9. The van der Waals surface area contributed by atoms with Crippen molar-refractivity contribution in [2.75, 3.05) is 0 Å². The van der Waals surface area contributed by atoms with Gasteiger partial charge in [-0.3, -0.25) is 4.79 Å².